The summed E-state index contributed by atoms with van der Waals surface area (Å²) in [5.41, 5.74) is 1.58. The molecule has 0 aliphatic carbocycles. The van der Waals surface area contributed by atoms with Crippen LogP contribution in [0.25, 0.3) is 0 Å². The van der Waals surface area contributed by atoms with Gasteiger partial charge in [-0.2, -0.15) is 5.26 Å². The molecule has 0 amide bonds. The van der Waals surface area contributed by atoms with Gasteiger partial charge in [0.25, 0.3) is 0 Å². The topological polar surface area (TPSA) is 98.9 Å². The molecule has 0 atom stereocenters. The third kappa shape index (κ3) is 4.22. The Kier molecular flexibility index (Phi) is 4.92. The molecule has 20 heavy (non-hydrogen) atoms. The summed E-state index contributed by atoms with van der Waals surface area (Å²) < 4.78 is 0.612. The summed E-state index contributed by atoms with van der Waals surface area (Å²) in [6.45, 7) is 0.535. The SMILES string of the molecule is N#Cc1cccc(CNc2nnc(SCC(=O)O)s2)c1. The number of carboxylic acid groups (broad SMARTS) is 1. The molecule has 0 saturated carbocycles. The van der Waals surface area contributed by atoms with Crippen LogP contribution in [0.1, 0.15) is 11.1 Å². The van der Waals surface area contributed by atoms with Crippen LogP contribution in [0.15, 0.2) is 28.6 Å². The molecule has 0 radical (unpaired) electrons. The van der Waals surface area contributed by atoms with E-state index in [-0.39, 0.29) is 5.75 Å². The molecule has 1 aromatic heterocycles. The van der Waals surface area contributed by atoms with Crippen LogP contribution in [-0.4, -0.2) is 27.0 Å². The first-order chi connectivity index (χ1) is 9.67. The zero-order chi connectivity index (χ0) is 14.4. The summed E-state index contributed by atoms with van der Waals surface area (Å²) in [7, 11) is 0. The maximum Gasteiger partial charge on any atom is 0.313 e. The molecule has 2 aromatic rings. The lowest BCUT2D eigenvalue weighted by molar-refractivity contribution is -0.133. The first-order valence-electron chi connectivity index (χ1n) is 5.58. The van der Waals surface area contributed by atoms with E-state index in [0.717, 1.165) is 17.3 Å². The fraction of sp³-hybridized carbons (Fsp3) is 0.167. The first kappa shape index (κ1) is 14.3. The molecule has 2 rings (SSSR count). The number of nitriles is 1. The minimum absolute atomic E-state index is 0.0289. The molecule has 0 aliphatic rings. The third-order valence-corrected chi connectivity index (χ3v) is 4.22. The van der Waals surface area contributed by atoms with E-state index >= 15 is 0 Å². The van der Waals surface area contributed by atoms with Gasteiger partial charge in [-0.3, -0.25) is 4.79 Å². The minimum Gasteiger partial charge on any atom is -0.481 e. The molecule has 102 valence electrons. The Labute approximate surface area is 123 Å². The fourth-order valence-electron chi connectivity index (χ4n) is 1.39. The Morgan fingerprint density at radius 2 is 2.35 bits per heavy atom. The van der Waals surface area contributed by atoms with E-state index < -0.39 is 5.97 Å². The highest BCUT2D eigenvalue weighted by Crippen LogP contribution is 2.25. The van der Waals surface area contributed by atoms with Gasteiger partial charge in [0.1, 0.15) is 0 Å². The van der Waals surface area contributed by atoms with E-state index in [0.29, 0.717) is 21.6 Å². The number of benzene rings is 1. The van der Waals surface area contributed by atoms with Crippen LogP contribution in [0.3, 0.4) is 0 Å². The maximum absolute atomic E-state index is 10.4. The number of aliphatic carboxylic acids is 1. The Morgan fingerprint density at radius 1 is 1.50 bits per heavy atom. The molecule has 0 unspecified atom stereocenters. The molecule has 0 bridgehead atoms. The summed E-state index contributed by atoms with van der Waals surface area (Å²) in [5, 5.41) is 28.9. The summed E-state index contributed by atoms with van der Waals surface area (Å²) in [4.78, 5) is 10.4. The van der Waals surface area contributed by atoms with Crippen LogP contribution in [-0.2, 0) is 11.3 Å². The van der Waals surface area contributed by atoms with Gasteiger partial charge in [-0.25, -0.2) is 0 Å². The molecule has 1 aromatic carbocycles. The summed E-state index contributed by atoms with van der Waals surface area (Å²) in [6, 6.07) is 9.36. The lowest BCUT2D eigenvalue weighted by Crippen LogP contribution is -1.99. The number of carboxylic acids is 1. The van der Waals surface area contributed by atoms with E-state index in [1.54, 1.807) is 12.1 Å². The number of carbonyl (C=O) groups is 1. The minimum atomic E-state index is -0.881. The van der Waals surface area contributed by atoms with Crippen LogP contribution in [0.2, 0.25) is 0 Å². The molecule has 0 spiro atoms. The van der Waals surface area contributed by atoms with Gasteiger partial charge in [-0.05, 0) is 17.7 Å². The monoisotopic (exact) mass is 306 g/mol. The second-order valence-electron chi connectivity index (χ2n) is 3.72. The normalized spacial score (nSPS) is 9.95. The standard InChI is InChI=1S/C12H10N4O2S2/c13-5-8-2-1-3-9(4-8)6-14-11-15-16-12(20-11)19-7-10(17)18/h1-4H,6-7H2,(H,14,15)(H,17,18). The number of hydrogen-bond donors (Lipinski definition) is 2. The number of anilines is 1. The van der Waals surface area contributed by atoms with Crippen molar-refractivity contribution >= 4 is 34.2 Å². The van der Waals surface area contributed by atoms with E-state index in [1.807, 2.05) is 12.1 Å². The molecule has 0 aliphatic heterocycles. The molecule has 1 heterocycles. The van der Waals surface area contributed by atoms with Crippen molar-refractivity contribution in [2.75, 3.05) is 11.1 Å². The maximum atomic E-state index is 10.4. The quantitative estimate of drug-likeness (QED) is 0.789. The van der Waals surface area contributed by atoms with Crippen molar-refractivity contribution in [3.63, 3.8) is 0 Å². The van der Waals surface area contributed by atoms with Crippen LogP contribution in [0.5, 0.6) is 0 Å². The highest BCUT2D eigenvalue weighted by molar-refractivity contribution is 8.01. The Balaban J connectivity index is 1.90. The van der Waals surface area contributed by atoms with Gasteiger partial charge < -0.3 is 10.4 Å². The van der Waals surface area contributed by atoms with E-state index in [2.05, 4.69) is 21.6 Å². The summed E-state index contributed by atoms with van der Waals surface area (Å²) >= 11 is 2.44. The Bertz CT molecular complexity index is 651. The second-order valence-corrected chi connectivity index (χ2v) is 5.92. The number of hydrogen-bond acceptors (Lipinski definition) is 7. The van der Waals surface area contributed by atoms with Crippen molar-refractivity contribution in [1.82, 2.24) is 10.2 Å². The lowest BCUT2D eigenvalue weighted by atomic mass is 10.1. The fourth-order valence-corrected chi connectivity index (χ4v) is 2.86. The Hall–Kier alpha value is -2.11. The van der Waals surface area contributed by atoms with Crippen molar-refractivity contribution in [3.05, 3.63) is 35.4 Å². The average Bonchev–Trinajstić information content (AvgIpc) is 2.91. The molecule has 8 heteroatoms. The number of rotatable bonds is 6. The van der Waals surface area contributed by atoms with Gasteiger partial charge in [-0.1, -0.05) is 35.2 Å². The van der Waals surface area contributed by atoms with Gasteiger partial charge in [0, 0.05) is 6.54 Å². The summed E-state index contributed by atoms with van der Waals surface area (Å²) in [6.07, 6.45) is 0. The van der Waals surface area contributed by atoms with Crippen molar-refractivity contribution in [1.29, 1.82) is 5.26 Å². The lowest BCUT2D eigenvalue weighted by Gasteiger charge is -2.02. The van der Waals surface area contributed by atoms with Crippen LogP contribution >= 0.6 is 23.1 Å². The number of nitrogens with zero attached hydrogens (tertiary/aromatic N) is 3. The molecular weight excluding hydrogens is 296 g/mol. The van der Waals surface area contributed by atoms with E-state index in [1.165, 1.54) is 11.3 Å². The summed E-state index contributed by atoms with van der Waals surface area (Å²) in [5.74, 6) is -0.910. The number of thioether (sulfide) groups is 1. The molecular formula is C12H10N4O2S2. The zero-order valence-corrected chi connectivity index (χ0v) is 11.9. The van der Waals surface area contributed by atoms with Crippen molar-refractivity contribution < 1.29 is 9.90 Å². The highest BCUT2D eigenvalue weighted by Gasteiger charge is 2.07. The third-order valence-electron chi connectivity index (χ3n) is 2.23. The van der Waals surface area contributed by atoms with Gasteiger partial charge >= 0.3 is 5.97 Å². The van der Waals surface area contributed by atoms with Crippen LogP contribution in [0.4, 0.5) is 5.13 Å². The van der Waals surface area contributed by atoms with Crippen molar-refractivity contribution in [2.45, 2.75) is 10.9 Å². The van der Waals surface area contributed by atoms with Crippen LogP contribution in [0, 0.1) is 11.3 Å². The molecule has 0 saturated heterocycles. The van der Waals surface area contributed by atoms with E-state index in [9.17, 15) is 4.79 Å². The van der Waals surface area contributed by atoms with E-state index in [4.69, 9.17) is 10.4 Å². The number of aromatic nitrogens is 2. The second kappa shape index (κ2) is 6.88. The first-order valence-corrected chi connectivity index (χ1v) is 7.38. The molecule has 6 nitrogen and oxygen atoms in total. The van der Waals surface area contributed by atoms with Gasteiger partial charge in [0.15, 0.2) is 4.34 Å². The van der Waals surface area contributed by atoms with Gasteiger partial charge in [0.2, 0.25) is 5.13 Å². The predicted molar refractivity (Wildman–Crippen MR) is 76.8 cm³/mol. The van der Waals surface area contributed by atoms with Gasteiger partial charge in [0.05, 0.1) is 17.4 Å². The van der Waals surface area contributed by atoms with Gasteiger partial charge in [-0.15, -0.1) is 10.2 Å². The van der Waals surface area contributed by atoms with Crippen molar-refractivity contribution in [3.8, 4) is 6.07 Å². The predicted octanol–water partition coefficient (Wildman–Crippen LogP) is 2.20. The molecule has 2 N–H and O–H groups in total. The van der Waals surface area contributed by atoms with Crippen LogP contribution < -0.4 is 5.32 Å². The highest BCUT2D eigenvalue weighted by atomic mass is 32.2. The number of nitrogens with one attached hydrogen (secondary N) is 1. The average molecular weight is 306 g/mol. The molecule has 0 fully saturated rings. The Morgan fingerprint density at radius 3 is 3.10 bits per heavy atom. The smallest absolute Gasteiger partial charge is 0.313 e. The largest absolute Gasteiger partial charge is 0.481 e. The van der Waals surface area contributed by atoms with Crippen molar-refractivity contribution in [2.24, 2.45) is 0 Å². The zero-order valence-electron chi connectivity index (χ0n) is 10.2.